The minimum absolute atomic E-state index is 0.336. The molecule has 0 saturated heterocycles. The van der Waals surface area contributed by atoms with E-state index in [0.29, 0.717) is 68.7 Å². The Kier molecular flexibility index (Phi) is 9.58. The number of pyridine rings is 9. The summed E-state index contributed by atoms with van der Waals surface area (Å²) in [7, 11) is 0. The van der Waals surface area contributed by atoms with E-state index in [1.54, 1.807) is 18.6 Å². The van der Waals surface area contributed by atoms with Crippen LogP contribution in [0.4, 0.5) is 0 Å². The van der Waals surface area contributed by atoms with Crippen molar-refractivity contribution in [3.05, 3.63) is 182 Å². The first-order valence-electron chi connectivity index (χ1n) is 19.1. The van der Waals surface area contributed by atoms with Crippen LogP contribution in [0.3, 0.4) is 0 Å². The van der Waals surface area contributed by atoms with Gasteiger partial charge in [-0.05, 0) is 109 Å². The highest BCUT2D eigenvalue weighted by molar-refractivity contribution is 5.70. The Bertz CT molecular complexity index is 2760. The lowest BCUT2D eigenvalue weighted by Gasteiger charge is -2.10. The number of aromatic nitrogens is 12. The third-order valence-corrected chi connectivity index (χ3v) is 9.39. The average Bonchev–Trinajstić information content (AvgIpc) is 3.35. The van der Waals surface area contributed by atoms with Crippen molar-refractivity contribution in [3.63, 3.8) is 0 Å². The quantitative estimate of drug-likeness (QED) is 0.137. The number of hydrogen-bond donors (Lipinski definition) is 0. The Morgan fingerprint density at radius 2 is 0.367 bits per heavy atom. The van der Waals surface area contributed by atoms with E-state index >= 15 is 0 Å². The summed E-state index contributed by atoms with van der Waals surface area (Å²) in [5.41, 5.74) is 10.0. The van der Waals surface area contributed by atoms with Crippen molar-refractivity contribution < 1.29 is 0 Å². The monoisotopic (exact) mass is 774 g/mol. The number of hydrogen-bond acceptors (Lipinski definition) is 12. The van der Waals surface area contributed by atoms with Crippen LogP contribution in [0.2, 0.25) is 0 Å². The molecule has 12 nitrogen and oxygen atoms in total. The summed E-state index contributed by atoms with van der Waals surface area (Å²) < 4.78 is 0. The Morgan fingerprint density at radius 3 is 0.600 bits per heavy atom. The standard InChI is InChI=1S/C48H30N12/c1-4-28-49-31(13-1)34-16-7-19-37(52-34)40-22-10-25-43(55-40)46-58-47(44-26-11-23-41(56-44)38-20-8-17-35(53-38)32-14-2-5-29-50-32)60-48(59-46)45-27-12-24-42(57-45)39-21-9-18-36(54-39)33-15-3-6-30-51-33/h1-30H. The van der Waals surface area contributed by atoms with Gasteiger partial charge in [-0.1, -0.05) is 54.6 Å². The van der Waals surface area contributed by atoms with Gasteiger partial charge in [-0.3, -0.25) is 15.0 Å². The van der Waals surface area contributed by atoms with Gasteiger partial charge in [0.25, 0.3) is 0 Å². The van der Waals surface area contributed by atoms with Gasteiger partial charge in [-0.2, -0.15) is 0 Å². The fraction of sp³-hybridized carbons (Fsp3) is 0. The summed E-state index contributed by atoms with van der Waals surface area (Å²) in [6.45, 7) is 0. The number of rotatable bonds is 9. The van der Waals surface area contributed by atoms with E-state index in [4.69, 9.17) is 44.9 Å². The Balaban J connectivity index is 1.07. The topological polar surface area (TPSA) is 155 Å². The van der Waals surface area contributed by atoms with Crippen LogP contribution in [-0.2, 0) is 0 Å². The van der Waals surface area contributed by atoms with E-state index < -0.39 is 0 Å². The lowest BCUT2D eigenvalue weighted by molar-refractivity contribution is 1.03. The summed E-state index contributed by atoms with van der Waals surface area (Å²) in [6.07, 6.45) is 5.25. The lowest BCUT2D eigenvalue weighted by Crippen LogP contribution is -2.04. The summed E-state index contributed by atoms with van der Waals surface area (Å²) in [5, 5.41) is 0. The summed E-state index contributed by atoms with van der Waals surface area (Å²) in [5.74, 6) is 1.01. The molecule has 0 spiro atoms. The molecule has 282 valence electrons. The fourth-order valence-corrected chi connectivity index (χ4v) is 6.53. The van der Waals surface area contributed by atoms with Crippen LogP contribution in [0.5, 0.6) is 0 Å². The van der Waals surface area contributed by atoms with E-state index in [1.807, 2.05) is 164 Å². The van der Waals surface area contributed by atoms with Crippen molar-refractivity contribution in [3.8, 4) is 103 Å². The molecule has 0 amide bonds. The lowest BCUT2D eigenvalue weighted by atomic mass is 10.1. The molecule has 10 heterocycles. The van der Waals surface area contributed by atoms with E-state index in [1.165, 1.54) is 0 Å². The maximum atomic E-state index is 5.02. The van der Waals surface area contributed by atoms with Gasteiger partial charge in [0.1, 0.15) is 17.1 Å². The van der Waals surface area contributed by atoms with Crippen molar-refractivity contribution in [2.45, 2.75) is 0 Å². The molecule has 10 aromatic rings. The summed E-state index contributed by atoms with van der Waals surface area (Å²) in [4.78, 5) is 58.1. The molecule has 60 heavy (non-hydrogen) atoms. The van der Waals surface area contributed by atoms with Gasteiger partial charge < -0.3 is 0 Å². The second kappa shape index (κ2) is 16.1. The van der Waals surface area contributed by atoms with Gasteiger partial charge >= 0.3 is 0 Å². The maximum absolute atomic E-state index is 5.02. The maximum Gasteiger partial charge on any atom is 0.182 e. The molecule has 0 aliphatic heterocycles. The first kappa shape index (κ1) is 35.8. The molecular weight excluding hydrogens is 745 g/mol. The number of nitrogens with zero attached hydrogens (tertiary/aromatic N) is 12. The summed E-state index contributed by atoms with van der Waals surface area (Å²) in [6, 6.07) is 51.6. The van der Waals surface area contributed by atoms with E-state index in [2.05, 4.69) is 15.0 Å². The van der Waals surface area contributed by atoms with E-state index in [0.717, 1.165) is 34.2 Å². The second-order valence-corrected chi connectivity index (χ2v) is 13.4. The third kappa shape index (κ3) is 7.59. The van der Waals surface area contributed by atoms with Crippen LogP contribution in [0.25, 0.3) is 103 Å². The Morgan fingerprint density at radius 1 is 0.167 bits per heavy atom. The van der Waals surface area contributed by atoms with Gasteiger partial charge in [-0.15, -0.1) is 0 Å². The molecule has 10 rings (SSSR count). The molecule has 0 aromatic carbocycles. The van der Waals surface area contributed by atoms with Crippen LogP contribution < -0.4 is 0 Å². The van der Waals surface area contributed by atoms with Gasteiger partial charge in [0.05, 0.1) is 68.3 Å². The highest BCUT2D eigenvalue weighted by Crippen LogP contribution is 2.29. The normalized spacial score (nSPS) is 11.0. The molecule has 0 bridgehead atoms. The first-order chi connectivity index (χ1) is 29.7. The van der Waals surface area contributed by atoms with Crippen LogP contribution >= 0.6 is 0 Å². The van der Waals surface area contributed by atoms with Crippen molar-refractivity contribution in [2.24, 2.45) is 0 Å². The minimum atomic E-state index is 0.336. The van der Waals surface area contributed by atoms with Crippen LogP contribution in [0.15, 0.2) is 182 Å². The first-order valence-corrected chi connectivity index (χ1v) is 19.1. The molecule has 0 aliphatic rings. The molecule has 0 saturated carbocycles. The predicted octanol–water partition coefficient (Wildman–Crippen LogP) is 9.43. The van der Waals surface area contributed by atoms with Gasteiger partial charge in [0, 0.05) is 18.6 Å². The zero-order valence-electron chi connectivity index (χ0n) is 31.7. The molecule has 12 heteroatoms. The van der Waals surface area contributed by atoms with E-state index in [9.17, 15) is 0 Å². The second-order valence-electron chi connectivity index (χ2n) is 13.4. The van der Waals surface area contributed by atoms with Gasteiger partial charge in [0.15, 0.2) is 17.5 Å². The van der Waals surface area contributed by atoms with Gasteiger partial charge in [0.2, 0.25) is 0 Å². The van der Waals surface area contributed by atoms with Crippen LogP contribution in [0.1, 0.15) is 0 Å². The van der Waals surface area contributed by atoms with Crippen molar-refractivity contribution >= 4 is 0 Å². The smallest absolute Gasteiger partial charge is 0.182 e. The largest absolute Gasteiger partial charge is 0.255 e. The van der Waals surface area contributed by atoms with Crippen LogP contribution in [-0.4, -0.2) is 59.8 Å². The summed E-state index contributed by atoms with van der Waals surface area (Å²) >= 11 is 0. The average molecular weight is 775 g/mol. The Labute approximate surface area is 344 Å². The van der Waals surface area contributed by atoms with Crippen molar-refractivity contribution in [2.75, 3.05) is 0 Å². The van der Waals surface area contributed by atoms with Gasteiger partial charge in [-0.25, -0.2) is 44.9 Å². The molecule has 0 radical (unpaired) electrons. The molecule has 0 atom stereocenters. The fourth-order valence-electron chi connectivity index (χ4n) is 6.53. The Hall–Kier alpha value is -8.64. The molecule has 0 unspecified atom stereocenters. The highest BCUT2D eigenvalue weighted by atomic mass is 15.1. The molecule has 0 aliphatic carbocycles. The third-order valence-electron chi connectivity index (χ3n) is 9.39. The molecule has 10 aromatic heterocycles. The molecular formula is C48H30N12. The zero-order valence-corrected chi connectivity index (χ0v) is 31.7. The molecule has 0 fully saturated rings. The SMILES string of the molecule is c1ccc(-c2cccc(-c3cccc(-c4nc(-c5cccc(-c6cccc(-c7ccccn7)n6)n5)nc(-c5cccc(-c6cccc(-c7ccccn7)n6)n5)n4)n3)n2)nc1. The van der Waals surface area contributed by atoms with E-state index in [-0.39, 0.29) is 0 Å². The van der Waals surface area contributed by atoms with Crippen molar-refractivity contribution in [1.29, 1.82) is 0 Å². The minimum Gasteiger partial charge on any atom is -0.255 e. The highest BCUT2D eigenvalue weighted by Gasteiger charge is 2.18. The van der Waals surface area contributed by atoms with Crippen LogP contribution in [0, 0.1) is 0 Å². The van der Waals surface area contributed by atoms with Crippen molar-refractivity contribution in [1.82, 2.24) is 59.8 Å². The zero-order chi connectivity index (χ0) is 40.1. The predicted molar refractivity (Wildman–Crippen MR) is 229 cm³/mol. The molecule has 0 N–H and O–H groups in total.